The van der Waals surface area contributed by atoms with Gasteiger partial charge in [0.05, 0.1) is 11.4 Å². The summed E-state index contributed by atoms with van der Waals surface area (Å²) in [5, 5.41) is 7.36. The lowest BCUT2D eigenvalue weighted by Gasteiger charge is -2.18. The molecule has 0 amide bonds. The number of hydrogen-bond donors (Lipinski definition) is 0. The van der Waals surface area contributed by atoms with E-state index in [0.29, 0.717) is 0 Å². The number of pyridine rings is 4. The maximum atomic E-state index is 4.84. The lowest BCUT2D eigenvalue weighted by molar-refractivity contribution is 1.28. The average Bonchev–Trinajstić information content (AvgIpc) is 3.09. The highest BCUT2D eigenvalue weighted by molar-refractivity contribution is 6.31. The molecule has 4 heteroatoms. The van der Waals surface area contributed by atoms with E-state index in [2.05, 4.69) is 94.9 Å². The van der Waals surface area contributed by atoms with Crippen molar-refractivity contribution in [2.24, 2.45) is 0 Å². The third-order valence-electron chi connectivity index (χ3n) is 7.95. The molecule has 4 heterocycles. The van der Waals surface area contributed by atoms with E-state index in [9.17, 15) is 0 Å². The lowest BCUT2D eigenvalue weighted by Crippen LogP contribution is -1.92. The van der Waals surface area contributed by atoms with E-state index in [4.69, 9.17) is 9.97 Å². The minimum absolute atomic E-state index is 0.905. The molecule has 8 aromatic rings. The van der Waals surface area contributed by atoms with E-state index in [-0.39, 0.29) is 0 Å². The summed E-state index contributed by atoms with van der Waals surface area (Å²) in [7, 11) is 0. The van der Waals surface area contributed by atoms with Crippen LogP contribution in [-0.4, -0.2) is 19.9 Å². The molecule has 0 saturated carbocycles. The third kappa shape index (κ3) is 4.01. The minimum Gasteiger partial charge on any atom is -0.264 e. The average molecular weight is 537 g/mol. The maximum Gasteiger partial charge on any atom is 0.0717 e. The SMILES string of the molecule is c1cncc(-c2ccc(-c3ccc(-c4ccc(-c5cccnc5)nc4)c4c5ccccc5c5ccccc5c34)cn2)c1. The Labute approximate surface area is 243 Å². The Balaban J connectivity index is 1.39. The van der Waals surface area contributed by atoms with Crippen molar-refractivity contribution in [1.29, 1.82) is 0 Å². The van der Waals surface area contributed by atoms with Gasteiger partial charge in [-0.3, -0.25) is 19.9 Å². The predicted molar refractivity (Wildman–Crippen MR) is 172 cm³/mol. The Morgan fingerprint density at radius 3 is 1.17 bits per heavy atom. The number of fused-ring (bicyclic) bond motifs is 6. The van der Waals surface area contributed by atoms with Gasteiger partial charge in [0.25, 0.3) is 0 Å². The van der Waals surface area contributed by atoms with Crippen molar-refractivity contribution < 1.29 is 0 Å². The summed E-state index contributed by atoms with van der Waals surface area (Å²) >= 11 is 0. The van der Waals surface area contributed by atoms with Crippen molar-refractivity contribution in [3.05, 3.63) is 146 Å². The fourth-order valence-electron chi connectivity index (χ4n) is 5.99. The second-order valence-corrected chi connectivity index (χ2v) is 10.3. The zero-order valence-corrected chi connectivity index (χ0v) is 22.6. The third-order valence-corrected chi connectivity index (χ3v) is 7.95. The molecule has 4 aromatic carbocycles. The fraction of sp³-hybridized carbons (Fsp3) is 0. The van der Waals surface area contributed by atoms with Gasteiger partial charge in [-0.1, -0.05) is 72.8 Å². The van der Waals surface area contributed by atoms with Gasteiger partial charge < -0.3 is 0 Å². The van der Waals surface area contributed by atoms with E-state index in [1.165, 1.54) is 32.3 Å². The second kappa shape index (κ2) is 10.0. The normalized spacial score (nSPS) is 11.3. The van der Waals surface area contributed by atoms with Crippen LogP contribution in [0.15, 0.2) is 146 Å². The standard InChI is InChI=1S/C38H24N4/c1-3-11-33-31(9-1)32-10-2-4-12-34(32)38-30(26-14-18-36(42-24-26)28-8-6-20-40-22-28)16-15-29(37(33)38)25-13-17-35(41-23-25)27-7-5-19-39-21-27/h1-24H. The summed E-state index contributed by atoms with van der Waals surface area (Å²) < 4.78 is 0. The van der Waals surface area contributed by atoms with Crippen LogP contribution in [0.25, 0.3) is 77.1 Å². The number of nitrogens with zero attached hydrogens (tertiary/aromatic N) is 4. The maximum absolute atomic E-state index is 4.84. The van der Waals surface area contributed by atoms with Crippen LogP contribution >= 0.6 is 0 Å². The van der Waals surface area contributed by atoms with Crippen LogP contribution in [0.2, 0.25) is 0 Å². The minimum atomic E-state index is 0.905. The molecular formula is C38H24N4. The van der Waals surface area contributed by atoms with Gasteiger partial charge in [0.1, 0.15) is 0 Å². The molecule has 42 heavy (non-hydrogen) atoms. The predicted octanol–water partition coefficient (Wildman–Crippen LogP) is 9.39. The number of hydrogen-bond acceptors (Lipinski definition) is 4. The fourth-order valence-corrected chi connectivity index (χ4v) is 5.99. The molecule has 196 valence electrons. The van der Waals surface area contributed by atoms with Gasteiger partial charge in [-0.15, -0.1) is 0 Å². The van der Waals surface area contributed by atoms with Crippen LogP contribution in [0.4, 0.5) is 0 Å². The molecule has 4 aromatic heterocycles. The Kier molecular flexibility index (Phi) is 5.75. The lowest BCUT2D eigenvalue weighted by atomic mass is 9.86. The van der Waals surface area contributed by atoms with Crippen molar-refractivity contribution in [1.82, 2.24) is 19.9 Å². The molecule has 0 fully saturated rings. The van der Waals surface area contributed by atoms with Crippen LogP contribution in [0.5, 0.6) is 0 Å². The Morgan fingerprint density at radius 1 is 0.333 bits per heavy atom. The largest absolute Gasteiger partial charge is 0.264 e. The zero-order chi connectivity index (χ0) is 27.9. The summed E-state index contributed by atoms with van der Waals surface area (Å²) in [6.07, 6.45) is 11.2. The summed E-state index contributed by atoms with van der Waals surface area (Å²) in [4.78, 5) is 18.2. The molecular weight excluding hydrogens is 512 g/mol. The van der Waals surface area contributed by atoms with E-state index < -0.39 is 0 Å². The van der Waals surface area contributed by atoms with Gasteiger partial charge >= 0.3 is 0 Å². The van der Waals surface area contributed by atoms with Gasteiger partial charge in [-0.05, 0) is 79.8 Å². The first kappa shape index (κ1) is 24.1. The van der Waals surface area contributed by atoms with E-state index >= 15 is 0 Å². The molecule has 0 saturated heterocycles. The Hall–Kier alpha value is -5.74. The first-order valence-corrected chi connectivity index (χ1v) is 13.9. The van der Waals surface area contributed by atoms with Crippen molar-refractivity contribution in [3.8, 4) is 44.8 Å². The topological polar surface area (TPSA) is 51.6 Å². The van der Waals surface area contributed by atoms with Gasteiger partial charge in [-0.25, -0.2) is 0 Å². The summed E-state index contributed by atoms with van der Waals surface area (Å²) in [6, 6.07) is 38.3. The van der Waals surface area contributed by atoms with Crippen molar-refractivity contribution in [3.63, 3.8) is 0 Å². The number of rotatable bonds is 4. The highest BCUT2D eigenvalue weighted by atomic mass is 14.7. The zero-order valence-electron chi connectivity index (χ0n) is 22.6. The van der Waals surface area contributed by atoms with Crippen molar-refractivity contribution >= 4 is 32.3 Å². The summed E-state index contributed by atoms with van der Waals surface area (Å²) in [5.41, 5.74) is 8.27. The molecule has 0 N–H and O–H groups in total. The van der Waals surface area contributed by atoms with Crippen molar-refractivity contribution in [2.45, 2.75) is 0 Å². The molecule has 0 bridgehead atoms. The summed E-state index contributed by atoms with van der Waals surface area (Å²) in [5.74, 6) is 0. The molecule has 0 unspecified atom stereocenters. The van der Waals surface area contributed by atoms with Gasteiger partial charge in [0.15, 0.2) is 0 Å². The van der Waals surface area contributed by atoms with Gasteiger partial charge in [-0.2, -0.15) is 0 Å². The van der Waals surface area contributed by atoms with Gasteiger partial charge in [0.2, 0.25) is 0 Å². The van der Waals surface area contributed by atoms with Crippen molar-refractivity contribution in [2.75, 3.05) is 0 Å². The first-order chi connectivity index (χ1) is 20.8. The molecule has 0 radical (unpaired) electrons. The molecule has 0 aliphatic heterocycles. The smallest absolute Gasteiger partial charge is 0.0717 e. The van der Waals surface area contributed by atoms with Crippen LogP contribution in [0, 0.1) is 0 Å². The molecule has 4 nitrogen and oxygen atoms in total. The van der Waals surface area contributed by atoms with Crippen LogP contribution < -0.4 is 0 Å². The molecule has 0 spiro atoms. The van der Waals surface area contributed by atoms with Crippen LogP contribution in [-0.2, 0) is 0 Å². The Morgan fingerprint density at radius 2 is 0.786 bits per heavy atom. The van der Waals surface area contributed by atoms with E-state index in [1.54, 1.807) is 12.4 Å². The Bertz CT molecular complexity index is 2050. The highest BCUT2D eigenvalue weighted by Crippen LogP contribution is 2.44. The van der Waals surface area contributed by atoms with E-state index in [1.807, 2.05) is 49.1 Å². The molecule has 8 rings (SSSR count). The van der Waals surface area contributed by atoms with Crippen LogP contribution in [0.1, 0.15) is 0 Å². The van der Waals surface area contributed by atoms with Crippen LogP contribution in [0.3, 0.4) is 0 Å². The van der Waals surface area contributed by atoms with E-state index in [0.717, 1.165) is 44.8 Å². The number of aromatic nitrogens is 4. The first-order valence-electron chi connectivity index (χ1n) is 13.9. The van der Waals surface area contributed by atoms with Gasteiger partial charge in [0, 0.05) is 59.4 Å². The molecule has 0 aliphatic carbocycles. The summed E-state index contributed by atoms with van der Waals surface area (Å²) in [6.45, 7) is 0. The quantitative estimate of drug-likeness (QED) is 0.210. The monoisotopic (exact) mass is 536 g/mol. The highest BCUT2D eigenvalue weighted by Gasteiger charge is 2.17. The second-order valence-electron chi connectivity index (χ2n) is 10.3. The molecule has 0 aliphatic rings. The molecule has 0 atom stereocenters. The number of benzene rings is 4.